The van der Waals surface area contributed by atoms with Crippen LogP contribution in [0.2, 0.25) is 0 Å². The van der Waals surface area contributed by atoms with Gasteiger partial charge in [-0.05, 0) is 31.5 Å². The quantitative estimate of drug-likeness (QED) is 0.559. The fourth-order valence-electron chi connectivity index (χ4n) is 4.06. The van der Waals surface area contributed by atoms with E-state index in [1.165, 1.54) is 10.5 Å². The Hall–Kier alpha value is -3.55. The van der Waals surface area contributed by atoms with Crippen LogP contribution in [-0.2, 0) is 6.54 Å². The van der Waals surface area contributed by atoms with Crippen molar-refractivity contribution in [1.82, 2.24) is 24.1 Å². The Balaban J connectivity index is 1.59. The predicted octanol–water partition coefficient (Wildman–Crippen LogP) is 3.12. The van der Waals surface area contributed by atoms with E-state index in [1.807, 2.05) is 13.0 Å². The normalized spacial score (nSPS) is 14.5. The number of aromatic nitrogens is 4. The van der Waals surface area contributed by atoms with E-state index in [0.29, 0.717) is 13.1 Å². The summed E-state index contributed by atoms with van der Waals surface area (Å²) in [7, 11) is 0. The summed E-state index contributed by atoms with van der Waals surface area (Å²) in [6.45, 7) is 5.77. The maximum absolute atomic E-state index is 11.1. The second-order valence-corrected chi connectivity index (χ2v) is 7.62. The van der Waals surface area contributed by atoms with Crippen LogP contribution in [0.5, 0.6) is 0 Å². The Morgan fingerprint density at radius 1 is 1.14 bits per heavy atom. The van der Waals surface area contributed by atoms with Crippen LogP contribution >= 0.6 is 0 Å². The zero-order valence-corrected chi connectivity index (χ0v) is 16.3. The summed E-state index contributed by atoms with van der Waals surface area (Å²) in [5, 5.41) is 21.2. The Bertz CT molecular complexity index is 1220. The fourth-order valence-corrected chi connectivity index (χ4v) is 4.06. The standard InChI is InChI=1S/C21H22N6O2/c1-13-8-19-18(26(13)10-15-6-4-3-5-7-15)9-17(20-24-23-14(2)27(19)20)22-16-11-25(12-16)21(28)29/h3-9,16,22H,10-12H2,1-2H3,(H,28,29). The number of hydrogen-bond donors (Lipinski definition) is 2. The molecule has 1 aliphatic rings. The minimum atomic E-state index is -0.880. The average molecular weight is 390 g/mol. The Kier molecular flexibility index (Phi) is 3.94. The average Bonchev–Trinajstić information content (AvgIpc) is 3.19. The zero-order chi connectivity index (χ0) is 20.1. The van der Waals surface area contributed by atoms with Crippen molar-refractivity contribution in [3.63, 3.8) is 0 Å². The van der Waals surface area contributed by atoms with Gasteiger partial charge in [-0.15, -0.1) is 10.2 Å². The molecule has 4 aromatic rings. The number of fused-ring (bicyclic) bond motifs is 3. The van der Waals surface area contributed by atoms with Gasteiger partial charge in [-0.1, -0.05) is 30.3 Å². The number of rotatable bonds is 4. The molecule has 0 aliphatic carbocycles. The van der Waals surface area contributed by atoms with Gasteiger partial charge in [0.2, 0.25) is 0 Å². The van der Waals surface area contributed by atoms with Gasteiger partial charge in [-0.3, -0.25) is 4.40 Å². The second-order valence-electron chi connectivity index (χ2n) is 7.62. The summed E-state index contributed by atoms with van der Waals surface area (Å²) >= 11 is 0. The minimum absolute atomic E-state index is 0.0722. The maximum atomic E-state index is 11.1. The number of hydrogen-bond acceptors (Lipinski definition) is 4. The van der Waals surface area contributed by atoms with Gasteiger partial charge in [-0.2, -0.15) is 0 Å². The lowest BCUT2D eigenvalue weighted by Gasteiger charge is -2.37. The number of likely N-dealkylation sites (tertiary alicyclic amines) is 1. The van der Waals surface area contributed by atoms with Crippen molar-refractivity contribution < 1.29 is 9.90 Å². The van der Waals surface area contributed by atoms with Crippen molar-refractivity contribution in [1.29, 1.82) is 0 Å². The topological polar surface area (TPSA) is 87.7 Å². The van der Waals surface area contributed by atoms with Gasteiger partial charge >= 0.3 is 6.09 Å². The smallest absolute Gasteiger partial charge is 0.407 e. The first kappa shape index (κ1) is 17.5. The highest BCUT2D eigenvalue weighted by atomic mass is 16.4. The first-order chi connectivity index (χ1) is 14.0. The molecule has 1 amide bonds. The van der Waals surface area contributed by atoms with Crippen LogP contribution in [0.25, 0.3) is 16.7 Å². The highest BCUT2D eigenvalue weighted by Gasteiger charge is 2.31. The predicted molar refractivity (Wildman–Crippen MR) is 111 cm³/mol. The third kappa shape index (κ3) is 2.88. The van der Waals surface area contributed by atoms with E-state index < -0.39 is 6.09 Å². The SMILES string of the molecule is Cc1cc2c(cc(NC3CN(C(=O)O)C3)c3nnc(C)n32)n1Cc1ccccc1. The van der Waals surface area contributed by atoms with E-state index in [2.05, 4.69) is 67.8 Å². The van der Waals surface area contributed by atoms with E-state index in [1.54, 1.807) is 0 Å². The Morgan fingerprint density at radius 2 is 1.90 bits per heavy atom. The molecular weight excluding hydrogens is 368 g/mol. The first-order valence-electron chi connectivity index (χ1n) is 9.64. The lowest BCUT2D eigenvalue weighted by Crippen LogP contribution is -2.56. The van der Waals surface area contributed by atoms with Crippen LogP contribution in [0, 0.1) is 13.8 Å². The van der Waals surface area contributed by atoms with Crippen LogP contribution in [-0.4, -0.2) is 54.4 Å². The van der Waals surface area contributed by atoms with Gasteiger partial charge in [-0.25, -0.2) is 4.79 Å². The molecule has 0 saturated carbocycles. The molecule has 148 valence electrons. The molecule has 4 heterocycles. The molecule has 0 spiro atoms. The summed E-state index contributed by atoms with van der Waals surface area (Å²) in [6.07, 6.45) is -0.880. The number of nitrogens with zero attached hydrogens (tertiary/aromatic N) is 5. The van der Waals surface area contributed by atoms with Crippen LogP contribution in [0.4, 0.5) is 10.5 Å². The largest absolute Gasteiger partial charge is 0.465 e. The molecular formula is C21H22N6O2. The zero-order valence-electron chi connectivity index (χ0n) is 16.3. The van der Waals surface area contributed by atoms with E-state index in [9.17, 15) is 4.79 Å². The summed E-state index contributed by atoms with van der Waals surface area (Å²) in [5.41, 5.74) is 6.21. The van der Waals surface area contributed by atoms with Crippen LogP contribution in [0.15, 0.2) is 42.5 Å². The molecule has 1 saturated heterocycles. The van der Waals surface area contributed by atoms with Crippen molar-refractivity contribution in [2.75, 3.05) is 18.4 Å². The highest BCUT2D eigenvalue weighted by molar-refractivity contribution is 5.88. The molecule has 0 unspecified atom stereocenters. The molecule has 1 fully saturated rings. The van der Waals surface area contributed by atoms with Crippen molar-refractivity contribution in [3.05, 3.63) is 59.5 Å². The number of carbonyl (C=O) groups is 1. The fraction of sp³-hybridized carbons (Fsp3) is 0.286. The van der Waals surface area contributed by atoms with Gasteiger partial charge in [0.15, 0.2) is 5.65 Å². The van der Waals surface area contributed by atoms with Gasteiger partial charge in [0.1, 0.15) is 5.82 Å². The van der Waals surface area contributed by atoms with Crippen molar-refractivity contribution in [2.45, 2.75) is 26.4 Å². The van der Waals surface area contributed by atoms with Gasteiger partial charge in [0.25, 0.3) is 0 Å². The van der Waals surface area contributed by atoms with Crippen LogP contribution in [0.1, 0.15) is 17.1 Å². The Labute approximate surface area is 167 Å². The third-order valence-electron chi connectivity index (χ3n) is 5.61. The third-order valence-corrected chi connectivity index (χ3v) is 5.61. The van der Waals surface area contributed by atoms with Crippen molar-refractivity contribution >= 4 is 28.5 Å². The maximum Gasteiger partial charge on any atom is 0.407 e. The lowest BCUT2D eigenvalue weighted by atomic mass is 10.1. The Morgan fingerprint density at radius 3 is 2.62 bits per heavy atom. The molecule has 0 bridgehead atoms. The van der Waals surface area contributed by atoms with Gasteiger partial charge in [0.05, 0.1) is 22.8 Å². The van der Waals surface area contributed by atoms with Gasteiger partial charge < -0.3 is 19.9 Å². The number of amides is 1. The number of pyridine rings is 1. The van der Waals surface area contributed by atoms with E-state index in [-0.39, 0.29) is 6.04 Å². The van der Waals surface area contributed by atoms with Crippen molar-refractivity contribution in [2.24, 2.45) is 0 Å². The molecule has 8 heteroatoms. The van der Waals surface area contributed by atoms with E-state index in [0.717, 1.165) is 40.4 Å². The summed E-state index contributed by atoms with van der Waals surface area (Å²) in [6, 6.07) is 14.7. The van der Waals surface area contributed by atoms with Crippen molar-refractivity contribution in [3.8, 4) is 0 Å². The monoisotopic (exact) mass is 390 g/mol. The molecule has 8 nitrogen and oxygen atoms in total. The molecule has 1 aromatic carbocycles. The van der Waals surface area contributed by atoms with Gasteiger partial charge in [0, 0.05) is 25.3 Å². The van der Waals surface area contributed by atoms with Crippen LogP contribution < -0.4 is 5.32 Å². The number of nitrogens with one attached hydrogen (secondary N) is 1. The number of carboxylic acid groups (broad SMARTS) is 1. The number of aryl methyl sites for hydroxylation is 2. The highest BCUT2D eigenvalue weighted by Crippen LogP contribution is 2.29. The molecule has 2 N–H and O–H groups in total. The number of benzene rings is 1. The summed E-state index contributed by atoms with van der Waals surface area (Å²) in [4.78, 5) is 12.5. The molecule has 5 rings (SSSR count). The molecule has 29 heavy (non-hydrogen) atoms. The molecule has 3 aromatic heterocycles. The molecule has 0 radical (unpaired) electrons. The summed E-state index contributed by atoms with van der Waals surface area (Å²) < 4.78 is 4.36. The minimum Gasteiger partial charge on any atom is -0.465 e. The van der Waals surface area contributed by atoms with Crippen LogP contribution in [0.3, 0.4) is 0 Å². The summed E-state index contributed by atoms with van der Waals surface area (Å²) in [5.74, 6) is 0.825. The molecule has 1 aliphatic heterocycles. The van der Waals surface area contributed by atoms with E-state index in [4.69, 9.17) is 5.11 Å². The first-order valence-corrected chi connectivity index (χ1v) is 9.64. The molecule has 0 atom stereocenters. The van der Waals surface area contributed by atoms with E-state index >= 15 is 0 Å². The number of anilines is 1. The lowest BCUT2D eigenvalue weighted by molar-refractivity contribution is 0.111. The second kappa shape index (κ2) is 6.51.